The molecule has 16 heavy (non-hydrogen) atoms. The van der Waals surface area contributed by atoms with E-state index in [0.29, 0.717) is 15.1 Å². The van der Waals surface area contributed by atoms with Crippen LogP contribution >= 0.6 is 34.8 Å². The molecule has 82 valence electrons. The van der Waals surface area contributed by atoms with E-state index in [1.165, 1.54) is 0 Å². The normalized spacial score (nSPS) is 10.5. The molecule has 0 aromatic heterocycles. The lowest BCUT2D eigenvalue weighted by Gasteiger charge is -2.07. The van der Waals surface area contributed by atoms with E-state index in [-0.39, 0.29) is 0 Å². The second-order valence-corrected chi connectivity index (χ2v) is 4.84. The average Bonchev–Trinajstić information content (AvgIpc) is 2.26. The topological polar surface area (TPSA) is 0 Å². The minimum absolute atomic E-state index is 0.554. The van der Waals surface area contributed by atoms with E-state index in [1.54, 1.807) is 6.07 Å². The Morgan fingerprint density at radius 3 is 2.25 bits per heavy atom. The maximum absolute atomic E-state index is 5.99. The van der Waals surface area contributed by atoms with Crippen LogP contribution in [0, 0.1) is 6.92 Å². The van der Waals surface area contributed by atoms with Gasteiger partial charge in [-0.25, -0.2) is 0 Å². The predicted molar refractivity (Wildman–Crippen MR) is 71.6 cm³/mol. The van der Waals surface area contributed by atoms with Gasteiger partial charge in [-0.15, -0.1) is 0 Å². The Kier molecular flexibility index (Phi) is 3.44. The fourth-order valence-electron chi connectivity index (χ4n) is 1.57. The van der Waals surface area contributed by atoms with Gasteiger partial charge in [-0.2, -0.15) is 0 Å². The van der Waals surface area contributed by atoms with E-state index in [1.807, 2.05) is 37.3 Å². The molecule has 0 heterocycles. The second kappa shape index (κ2) is 4.67. The monoisotopic (exact) mass is 270 g/mol. The standard InChI is InChI=1S/C13H9Cl3/c1-8-2-4-10(14)7-11(8)9-3-5-12(15)13(16)6-9/h2-7H,1H3. The number of hydrogen-bond acceptors (Lipinski definition) is 0. The first-order valence-electron chi connectivity index (χ1n) is 4.79. The molecule has 2 rings (SSSR count). The van der Waals surface area contributed by atoms with Crippen LogP contribution in [-0.2, 0) is 0 Å². The van der Waals surface area contributed by atoms with Crippen molar-refractivity contribution in [3.63, 3.8) is 0 Å². The van der Waals surface area contributed by atoms with Gasteiger partial charge < -0.3 is 0 Å². The Hall–Kier alpha value is -0.690. The van der Waals surface area contributed by atoms with Crippen LogP contribution < -0.4 is 0 Å². The van der Waals surface area contributed by atoms with Gasteiger partial charge >= 0.3 is 0 Å². The molecule has 0 saturated heterocycles. The van der Waals surface area contributed by atoms with Gasteiger partial charge in [0.25, 0.3) is 0 Å². The maximum atomic E-state index is 5.99. The molecule has 0 aliphatic rings. The van der Waals surface area contributed by atoms with Gasteiger partial charge in [0, 0.05) is 5.02 Å². The van der Waals surface area contributed by atoms with E-state index in [9.17, 15) is 0 Å². The fraction of sp³-hybridized carbons (Fsp3) is 0.0769. The Balaban J connectivity index is 2.58. The van der Waals surface area contributed by atoms with Crippen LogP contribution in [0.2, 0.25) is 15.1 Å². The summed E-state index contributed by atoms with van der Waals surface area (Å²) < 4.78 is 0. The minimum atomic E-state index is 0.554. The summed E-state index contributed by atoms with van der Waals surface area (Å²) in [4.78, 5) is 0. The molecular formula is C13H9Cl3. The summed E-state index contributed by atoms with van der Waals surface area (Å²) in [6.45, 7) is 2.04. The summed E-state index contributed by atoms with van der Waals surface area (Å²) in [7, 11) is 0. The van der Waals surface area contributed by atoms with Crippen LogP contribution in [0.3, 0.4) is 0 Å². The molecule has 0 N–H and O–H groups in total. The molecule has 0 unspecified atom stereocenters. The zero-order valence-corrected chi connectivity index (χ0v) is 10.9. The fourth-order valence-corrected chi connectivity index (χ4v) is 2.04. The largest absolute Gasteiger partial charge is 0.0843 e. The van der Waals surface area contributed by atoms with E-state index >= 15 is 0 Å². The van der Waals surface area contributed by atoms with Gasteiger partial charge in [-0.3, -0.25) is 0 Å². The average molecular weight is 272 g/mol. The highest BCUT2D eigenvalue weighted by molar-refractivity contribution is 6.42. The van der Waals surface area contributed by atoms with Crippen molar-refractivity contribution in [1.82, 2.24) is 0 Å². The predicted octanol–water partition coefficient (Wildman–Crippen LogP) is 5.62. The molecule has 0 aliphatic heterocycles. The van der Waals surface area contributed by atoms with Crippen LogP contribution in [0.25, 0.3) is 11.1 Å². The third kappa shape index (κ3) is 2.35. The Bertz CT molecular complexity index is 533. The molecule has 0 amide bonds. The van der Waals surface area contributed by atoms with Crippen LogP contribution in [-0.4, -0.2) is 0 Å². The summed E-state index contributed by atoms with van der Waals surface area (Å²) in [5.41, 5.74) is 3.25. The van der Waals surface area contributed by atoms with Crippen molar-refractivity contribution in [2.24, 2.45) is 0 Å². The van der Waals surface area contributed by atoms with Gasteiger partial charge in [0.05, 0.1) is 10.0 Å². The summed E-state index contributed by atoms with van der Waals surface area (Å²) in [5.74, 6) is 0. The summed E-state index contributed by atoms with van der Waals surface area (Å²) in [5, 5.41) is 1.83. The molecule has 0 nitrogen and oxygen atoms in total. The molecule has 0 radical (unpaired) electrons. The number of rotatable bonds is 1. The summed E-state index contributed by atoms with van der Waals surface area (Å²) in [6.07, 6.45) is 0. The van der Waals surface area contributed by atoms with Crippen molar-refractivity contribution in [3.05, 3.63) is 57.0 Å². The van der Waals surface area contributed by atoms with E-state index in [4.69, 9.17) is 34.8 Å². The Morgan fingerprint density at radius 2 is 1.56 bits per heavy atom. The minimum Gasteiger partial charge on any atom is -0.0843 e. The molecule has 0 spiro atoms. The first-order valence-corrected chi connectivity index (χ1v) is 5.93. The first kappa shape index (κ1) is 11.8. The number of benzene rings is 2. The molecule has 0 saturated carbocycles. The van der Waals surface area contributed by atoms with E-state index in [2.05, 4.69) is 0 Å². The molecule has 0 atom stereocenters. The lowest BCUT2D eigenvalue weighted by molar-refractivity contribution is 1.46. The zero-order valence-electron chi connectivity index (χ0n) is 8.60. The van der Waals surface area contributed by atoms with E-state index in [0.717, 1.165) is 16.7 Å². The van der Waals surface area contributed by atoms with Gasteiger partial charge in [-0.1, -0.05) is 46.9 Å². The van der Waals surface area contributed by atoms with Gasteiger partial charge in [0.15, 0.2) is 0 Å². The molecule has 2 aromatic rings. The molecular weight excluding hydrogens is 263 g/mol. The van der Waals surface area contributed by atoms with Crippen molar-refractivity contribution in [3.8, 4) is 11.1 Å². The van der Waals surface area contributed by atoms with Gasteiger partial charge in [-0.05, 0) is 47.9 Å². The third-order valence-electron chi connectivity index (χ3n) is 2.43. The van der Waals surface area contributed by atoms with Crippen LogP contribution in [0.4, 0.5) is 0 Å². The molecule has 3 heteroatoms. The van der Waals surface area contributed by atoms with Crippen molar-refractivity contribution in [2.45, 2.75) is 6.92 Å². The maximum Gasteiger partial charge on any atom is 0.0598 e. The van der Waals surface area contributed by atoms with Crippen LogP contribution in [0.5, 0.6) is 0 Å². The quantitative estimate of drug-likeness (QED) is 0.631. The molecule has 2 aromatic carbocycles. The van der Waals surface area contributed by atoms with Crippen molar-refractivity contribution in [2.75, 3.05) is 0 Å². The molecule has 0 bridgehead atoms. The van der Waals surface area contributed by atoms with Crippen molar-refractivity contribution in [1.29, 1.82) is 0 Å². The molecule has 0 fully saturated rings. The van der Waals surface area contributed by atoms with Crippen molar-refractivity contribution >= 4 is 34.8 Å². The Morgan fingerprint density at radius 1 is 0.812 bits per heavy atom. The zero-order chi connectivity index (χ0) is 11.7. The lowest BCUT2D eigenvalue weighted by Crippen LogP contribution is -1.83. The lowest BCUT2D eigenvalue weighted by atomic mass is 10.0. The highest BCUT2D eigenvalue weighted by atomic mass is 35.5. The van der Waals surface area contributed by atoms with Crippen molar-refractivity contribution < 1.29 is 0 Å². The smallest absolute Gasteiger partial charge is 0.0598 e. The van der Waals surface area contributed by atoms with Crippen LogP contribution in [0.15, 0.2) is 36.4 Å². The molecule has 0 aliphatic carbocycles. The number of hydrogen-bond donors (Lipinski definition) is 0. The highest BCUT2D eigenvalue weighted by Crippen LogP contribution is 2.31. The van der Waals surface area contributed by atoms with E-state index < -0.39 is 0 Å². The second-order valence-electron chi connectivity index (χ2n) is 3.59. The SMILES string of the molecule is Cc1ccc(Cl)cc1-c1ccc(Cl)c(Cl)c1. The third-order valence-corrected chi connectivity index (χ3v) is 3.40. The van der Waals surface area contributed by atoms with Gasteiger partial charge in [0.2, 0.25) is 0 Å². The number of halogens is 3. The van der Waals surface area contributed by atoms with Gasteiger partial charge in [0.1, 0.15) is 0 Å². The number of aryl methyl sites for hydroxylation is 1. The van der Waals surface area contributed by atoms with Crippen LogP contribution in [0.1, 0.15) is 5.56 Å². The Labute approximate surface area is 110 Å². The first-order chi connectivity index (χ1) is 7.58. The summed E-state index contributed by atoms with van der Waals surface area (Å²) >= 11 is 17.9. The summed E-state index contributed by atoms with van der Waals surface area (Å²) in [6, 6.07) is 11.4. The highest BCUT2D eigenvalue weighted by Gasteiger charge is 2.05.